The van der Waals surface area contributed by atoms with E-state index in [1.807, 2.05) is 0 Å². The van der Waals surface area contributed by atoms with E-state index < -0.39 is 0 Å². The molecule has 17 heavy (non-hydrogen) atoms. The van der Waals surface area contributed by atoms with Gasteiger partial charge in [-0.05, 0) is 42.9 Å². The van der Waals surface area contributed by atoms with Crippen LogP contribution in [0.4, 0.5) is 0 Å². The Morgan fingerprint density at radius 3 is 2.82 bits per heavy atom. The molecule has 2 bridgehead atoms. The van der Waals surface area contributed by atoms with Crippen molar-refractivity contribution < 1.29 is 4.79 Å². The summed E-state index contributed by atoms with van der Waals surface area (Å²) in [6, 6.07) is 0. The number of fused-ring (bicyclic) bond motifs is 5. The standard InChI is InChI=1S/C13H17N3O/c17-13(15-5-9-4-14-6-16-9)12-10-7-1-2-8(3-7)11(10)12/h4,6-8,10-12H,1-3,5H2,(H,14,16)(H,15,17). The van der Waals surface area contributed by atoms with Crippen LogP contribution in [-0.2, 0) is 11.3 Å². The number of aromatic nitrogens is 2. The first-order chi connectivity index (χ1) is 8.34. The van der Waals surface area contributed by atoms with Gasteiger partial charge < -0.3 is 10.3 Å². The van der Waals surface area contributed by atoms with Crippen LogP contribution in [0.1, 0.15) is 25.0 Å². The number of aromatic amines is 1. The molecule has 4 heteroatoms. The van der Waals surface area contributed by atoms with E-state index in [9.17, 15) is 4.79 Å². The van der Waals surface area contributed by atoms with Crippen molar-refractivity contribution in [3.63, 3.8) is 0 Å². The molecule has 4 nitrogen and oxygen atoms in total. The lowest BCUT2D eigenvalue weighted by molar-refractivity contribution is -0.123. The molecule has 1 aromatic heterocycles. The van der Waals surface area contributed by atoms with E-state index in [4.69, 9.17) is 0 Å². The molecule has 1 amide bonds. The van der Waals surface area contributed by atoms with Crippen molar-refractivity contribution in [3.05, 3.63) is 18.2 Å². The fraction of sp³-hybridized carbons (Fsp3) is 0.692. The van der Waals surface area contributed by atoms with Crippen molar-refractivity contribution >= 4 is 5.91 Å². The molecular formula is C13H17N3O. The fourth-order valence-corrected chi connectivity index (χ4v) is 4.36. The number of hydrogen-bond donors (Lipinski definition) is 2. The second-order valence-electron chi connectivity index (χ2n) is 5.81. The first kappa shape index (κ1) is 9.68. The Kier molecular flexibility index (Phi) is 1.90. The number of nitrogens with zero attached hydrogens (tertiary/aromatic N) is 1. The van der Waals surface area contributed by atoms with Gasteiger partial charge >= 0.3 is 0 Å². The highest BCUT2D eigenvalue weighted by Crippen LogP contribution is 2.69. The van der Waals surface area contributed by atoms with E-state index in [1.165, 1.54) is 19.3 Å². The second-order valence-corrected chi connectivity index (χ2v) is 5.81. The van der Waals surface area contributed by atoms with Gasteiger partial charge in [0.15, 0.2) is 0 Å². The SMILES string of the molecule is O=C(NCc1cnc[nH]1)C1C2C3CCC(C3)C12. The van der Waals surface area contributed by atoms with Crippen molar-refractivity contribution in [2.24, 2.45) is 29.6 Å². The number of imidazole rings is 1. The lowest BCUT2D eigenvalue weighted by atomic mass is 10.0. The Balaban J connectivity index is 1.37. The minimum Gasteiger partial charge on any atom is -0.350 e. The summed E-state index contributed by atoms with van der Waals surface area (Å²) in [6.07, 6.45) is 7.55. The normalized spacial score (nSPS) is 41.3. The molecule has 2 N–H and O–H groups in total. The Hall–Kier alpha value is -1.32. The van der Waals surface area contributed by atoms with Crippen LogP contribution in [0.3, 0.4) is 0 Å². The Bertz CT molecular complexity index is 426. The maximum atomic E-state index is 12.1. The number of hydrogen-bond acceptors (Lipinski definition) is 2. The molecular weight excluding hydrogens is 214 g/mol. The Labute approximate surface area is 100 Å². The van der Waals surface area contributed by atoms with Crippen LogP contribution in [-0.4, -0.2) is 15.9 Å². The summed E-state index contributed by atoms with van der Waals surface area (Å²) in [4.78, 5) is 19.0. The lowest BCUT2D eigenvalue weighted by Gasteiger charge is -2.08. The molecule has 0 spiro atoms. The van der Waals surface area contributed by atoms with Crippen LogP contribution in [0.5, 0.6) is 0 Å². The van der Waals surface area contributed by atoms with Gasteiger partial charge in [-0.2, -0.15) is 0 Å². The average Bonchev–Trinajstić information content (AvgIpc) is 2.80. The van der Waals surface area contributed by atoms with Gasteiger partial charge in [-0.1, -0.05) is 0 Å². The quantitative estimate of drug-likeness (QED) is 0.824. The van der Waals surface area contributed by atoms with Crippen molar-refractivity contribution in [3.8, 4) is 0 Å². The van der Waals surface area contributed by atoms with Gasteiger partial charge in [0.1, 0.15) is 0 Å². The number of nitrogens with one attached hydrogen (secondary N) is 2. The molecule has 1 aromatic rings. The van der Waals surface area contributed by atoms with E-state index in [1.54, 1.807) is 12.5 Å². The maximum Gasteiger partial charge on any atom is 0.224 e. The van der Waals surface area contributed by atoms with Gasteiger partial charge in [0.25, 0.3) is 0 Å². The third-order valence-corrected chi connectivity index (χ3v) is 5.05. The summed E-state index contributed by atoms with van der Waals surface area (Å²) in [5, 5.41) is 3.03. The fourth-order valence-electron chi connectivity index (χ4n) is 4.36. The predicted octanol–water partition coefficient (Wildman–Crippen LogP) is 1.32. The van der Waals surface area contributed by atoms with E-state index in [-0.39, 0.29) is 5.91 Å². The summed E-state index contributed by atoms with van der Waals surface area (Å²) in [5.41, 5.74) is 0.979. The predicted molar refractivity (Wildman–Crippen MR) is 61.7 cm³/mol. The topological polar surface area (TPSA) is 57.8 Å². The van der Waals surface area contributed by atoms with Crippen LogP contribution >= 0.6 is 0 Å². The van der Waals surface area contributed by atoms with Crippen LogP contribution in [0.2, 0.25) is 0 Å². The Morgan fingerprint density at radius 1 is 1.41 bits per heavy atom. The molecule has 0 radical (unpaired) electrons. The van der Waals surface area contributed by atoms with Gasteiger partial charge in [0.2, 0.25) is 5.91 Å². The number of carbonyl (C=O) groups is 1. The van der Waals surface area contributed by atoms with E-state index >= 15 is 0 Å². The van der Waals surface area contributed by atoms with Crippen molar-refractivity contribution in [2.45, 2.75) is 25.8 Å². The molecule has 4 atom stereocenters. The third-order valence-electron chi connectivity index (χ3n) is 5.05. The van der Waals surface area contributed by atoms with Crippen molar-refractivity contribution in [2.75, 3.05) is 0 Å². The van der Waals surface area contributed by atoms with Crippen LogP contribution in [0.15, 0.2) is 12.5 Å². The zero-order valence-corrected chi connectivity index (χ0v) is 9.73. The molecule has 0 aromatic carbocycles. The van der Waals surface area contributed by atoms with E-state index in [0.29, 0.717) is 12.5 Å². The molecule has 4 unspecified atom stereocenters. The maximum absolute atomic E-state index is 12.1. The molecule has 3 aliphatic rings. The highest BCUT2D eigenvalue weighted by atomic mass is 16.2. The molecule has 3 saturated carbocycles. The summed E-state index contributed by atoms with van der Waals surface area (Å²) < 4.78 is 0. The summed E-state index contributed by atoms with van der Waals surface area (Å²) >= 11 is 0. The highest BCUT2D eigenvalue weighted by molar-refractivity contribution is 5.82. The minimum atomic E-state index is 0.270. The monoisotopic (exact) mass is 231 g/mol. The lowest BCUT2D eigenvalue weighted by Crippen LogP contribution is -2.27. The average molecular weight is 231 g/mol. The Morgan fingerprint density at radius 2 is 2.18 bits per heavy atom. The van der Waals surface area contributed by atoms with Gasteiger partial charge in [-0.25, -0.2) is 4.98 Å². The van der Waals surface area contributed by atoms with Crippen molar-refractivity contribution in [1.29, 1.82) is 0 Å². The highest BCUT2D eigenvalue weighted by Gasteiger charge is 2.67. The van der Waals surface area contributed by atoms with Crippen LogP contribution < -0.4 is 5.32 Å². The number of carbonyl (C=O) groups excluding carboxylic acids is 1. The molecule has 3 aliphatic carbocycles. The van der Waals surface area contributed by atoms with Crippen LogP contribution in [0.25, 0.3) is 0 Å². The first-order valence-corrected chi connectivity index (χ1v) is 6.59. The smallest absolute Gasteiger partial charge is 0.224 e. The first-order valence-electron chi connectivity index (χ1n) is 6.59. The largest absolute Gasteiger partial charge is 0.350 e. The zero-order chi connectivity index (χ0) is 11.4. The third kappa shape index (κ3) is 1.36. The summed E-state index contributed by atoms with van der Waals surface area (Å²) in [6.45, 7) is 0.587. The van der Waals surface area contributed by atoms with Crippen molar-refractivity contribution in [1.82, 2.24) is 15.3 Å². The molecule has 0 aliphatic heterocycles. The van der Waals surface area contributed by atoms with E-state index in [2.05, 4.69) is 15.3 Å². The number of H-pyrrole nitrogens is 1. The molecule has 1 heterocycles. The second kappa shape index (κ2) is 3.34. The molecule has 0 saturated heterocycles. The molecule has 90 valence electrons. The van der Waals surface area contributed by atoms with Gasteiger partial charge in [0.05, 0.1) is 18.6 Å². The number of rotatable bonds is 3. The summed E-state index contributed by atoms with van der Waals surface area (Å²) in [7, 11) is 0. The minimum absolute atomic E-state index is 0.270. The van der Waals surface area contributed by atoms with E-state index in [0.717, 1.165) is 29.4 Å². The molecule has 4 rings (SSSR count). The van der Waals surface area contributed by atoms with Crippen LogP contribution in [0, 0.1) is 29.6 Å². The van der Waals surface area contributed by atoms with Gasteiger partial charge in [-0.15, -0.1) is 0 Å². The summed E-state index contributed by atoms with van der Waals surface area (Å²) in [5.74, 6) is 3.81. The zero-order valence-electron chi connectivity index (χ0n) is 9.73. The van der Waals surface area contributed by atoms with Gasteiger partial charge in [0, 0.05) is 12.1 Å². The number of amides is 1. The molecule has 3 fully saturated rings. The van der Waals surface area contributed by atoms with Gasteiger partial charge in [-0.3, -0.25) is 4.79 Å².